The second-order valence-corrected chi connectivity index (χ2v) is 5.37. The first kappa shape index (κ1) is 11.2. The molecule has 0 spiro atoms. The highest BCUT2D eigenvalue weighted by atomic mass is 15.3. The molecule has 0 atom stereocenters. The van der Waals surface area contributed by atoms with Crippen LogP contribution < -0.4 is 5.73 Å². The summed E-state index contributed by atoms with van der Waals surface area (Å²) < 4.78 is 2.00. The van der Waals surface area contributed by atoms with Gasteiger partial charge in [0.15, 0.2) is 0 Å². The summed E-state index contributed by atoms with van der Waals surface area (Å²) in [6.07, 6.45) is 7.47. The Labute approximate surface area is 106 Å². The number of nitrogens with two attached hydrogens (primary N) is 1. The zero-order valence-electron chi connectivity index (χ0n) is 10.7. The third kappa shape index (κ3) is 1.50. The van der Waals surface area contributed by atoms with E-state index in [1.54, 1.807) is 12.5 Å². The predicted octanol–water partition coefficient (Wildman–Crippen LogP) is 1.51. The molecule has 3 rings (SSSR count). The summed E-state index contributed by atoms with van der Waals surface area (Å²) >= 11 is 0. The van der Waals surface area contributed by atoms with E-state index in [-0.39, 0.29) is 5.41 Å². The van der Waals surface area contributed by atoms with Crippen molar-refractivity contribution < 1.29 is 0 Å². The molecule has 2 heterocycles. The van der Waals surface area contributed by atoms with Gasteiger partial charge >= 0.3 is 0 Å². The SMILES string of the molecule is Cn1cnnc1[C@]1(c2cncc(N)c2)C[C@H](C)C1. The molecule has 0 bridgehead atoms. The number of pyridine rings is 1. The van der Waals surface area contributed by atoms with Crippen LogP contribution in [0.3, 0.4) is 0 Å². The number of hydrogen-bond acceptors (Lipinski definition) is 4. The molecule has 1 saturated carbocycles. The van der Waals surface area contributed by atoms with Crippen molar-refractivity contribution in [1.29, 1.82) is 0 Å². The maximum absolute atomic E-state index is 5.85. The zero-order valence-corrected chi connectivity index (χ0v) is 10.7. The van der Waals surface area contributed by atoms with E-state index in [9.17, 15) is 0 Å². The Bertz CT molecular complexity index is 568. The van der Waals surface area contributed by atoms with E-state index in [0.717, 1.165) is 24.2 Å². The third-order valence-corrected chi connectivity index (χ3v) is 3.85. The molecule has 0 amide bonds. The summed E-state index contributed by atoms with van der Waals surface area (Å²) in [5.41, 5.74) is 7.64. The number of rotatable bonds is 2. The van der Waals surface area contributed by atoms with Crippen LogP contribution in [0.25, 0.3) is 0 Å². The number of hydrogen-bond donors (Lipinski definition) is 1. The fourth-order valence-electron chi connectivity index (χ4n) is 3.11. The summed E-state index contributed by atoms with van der Waals surface area (Å²) in [4.78, 5) is 4.21. The van der Waals surface area contributed by atoms with E-state index in [1.807, 2.05) is 23.9 Å². The second-order valence-electron chi connectivity index (χ2n) is 5.37. The van der Waals surface area contributed by atoms with Crippen molar-refractivity contribution in [2.75, 3.05) is 5.73 Å². The van der Waals surface area contributed by atoms with Gasteiger partial charge in [-0.05, 0) is 30.4 Å². The van der Waals surface area contributed by atoms with Gasteiger partial charge in [0, 0.05) is 19.4 Å². The van der Waals surface area contributed by atoms with Gasteiger partial charge in [-0.15, -0.1) is 10.2 Å². The molecule has 5 nitrogen and oxygen atoms in total. The lowest BCUT2D eigenvalue weighted by Gasteiger charge is -2.45. The first-order chi connectivity index (χ1) is 8.62. The Morgan fingerprint density at radius 1 is 1.39 bits per heavy atom. The molecule has 0 unspecified atom stereocenters. The standard InChI is InChI=1S/C13H17N5/c1-9-4-13(5-9,12-17-16-8-18(12)2)10-3-11(14)7-15-6-10/h3,6-9H,4-5,14H2,1-2H3/t9-,13+. The van der Waals surface area contributed by atoms with Crippen molar-refractivity contribution in [1.82, 2.24) is 19.7 Å². The maximum atomic E-state index is 5.85. The number of nitrogen functional groups attached to an aromatic ring is 1. The van der Waals surface area contributed by atoms with Crippen molar-refractivity contribution in [3.63, 3.8) is 0 Å². The van der Waals surface area contributed by atoms with Gasteiger partial charge in [0.05, 0.1) is 11.1 Å². The summed E-state index contributed by atoms with van der Waals surface area (Å²) in [7, 11) is 1.99. The summed E-state index contributed by atoms with van der Waals surface area (Å²) in [6.45, 7) is 2.26. The number of aromatic nitrogens is 4. The average Bonchev–Trinajstić information content (AvgIpc) is 2.71. The lowest BCUT2D eigenvalue weighted by atomic mass is 9.59. The van der Waals surface area contributed by atoms with E-state index >= 15 is 0 Å². The lowest BCUT2D eigenvalue weighted by molar-refractivity contribution is 0.185. The van der Waals surface area contributed by atoms with Crippen molar-refractivity contribution in [2.45, 2.75) is 25.2 Å². The van der Waals surface area contributed by atoms with Crippen LogP contribution in [0.5, 0.6) is 0 Å². The molecule has 0 aliphatic heterocycles. The van der Waals surface area contributed by atoms with Crippen molar-refractivity contribution in [3.05, 3.63) is 36.2 Å². The topological polar surface area (TPSA) is 69.6 Å². The van der Waals surface area contributed by atoms with Crippen molar-refractivity contribution in [3.8, 4) is 0 Å². The monoisotopic (exact) mass is 243 g/mol. The molecule has 2 N–H and O–H groups in total. The first-order valence-electron chi connectivity index (χ1n) is 6.17. The van der Waals surface area contributed by atoms with Crippen LogP contribution in [0.4, 0.5) is 5.69 Å². The summed E-state index contributed by atoms with van der Waals surface area (Å²) in [5.74, 6) is 1.70. The van der Waals surface area contributed by atoms with Gasteiger partial charge in [0.2, 0.25) is 0 Å². The van der Waals surface area contributed by atoms with E-state index in [2.05, 4.69) is 22.1 Å². The largest absolute Gasteiger partial charge is 0.397 e. The number of nitrogens with zero attached hydrogens (tertiary/aromatic N) is 4. The van der Waals surface area contributed by atoms with Crippen LogP contribution in [0, 0.1) is 5.92 Å². The Morgan fingerprint density at radius 2 is 2.17 bits per heavy atom. The molecule has 1 fully saturated rings. The molecular weight excluding hydrogens is 226 g/mol. The minimum absolute atomic E-state index is 0.0625. The molecule has 94 valence electrons. The number of aryl methyl sites for hydroxylation is 1. The third-order valence-electron chi connectivity index (χ3n) is 3.85. The highest BCUT2D eigenvalue weighted by Gasteiger charge is 2.48. The van der Waals surface area contributed by atoms with Crippen LogP contribution in [-0.4, -0.2) is 19.7 Å². The molecule has 0 saturated heterocycles. The van der Waals surface area contributed by atoms with E-state index < -0.39 is 0 Å². The van der Waals surface area contributed by atoms with Crippen LogP contribution in [-0.2, 0) is 12.5 Å². The minimum Gasteiger partial charge on any atom is -0.397 e. The van der Waals surface area contributed by atoms with Crippen LogP contribution in [0.1, 0.15) is 31.2 Å². The van der Waals surface area contributed by atoms with Gasteiger partial charge in [0.25, 0.3) is 0 Å². The second kappa shape index (κ2) is 3.80. The van der Waals surface area contributed by atoms with Gasteiger partial charge in [-0.2, -0.15) is 0 Å². The Hall–Kier alpha value is -1.91. The van der Waals surface area contributed by atoms with Crippen LogP contribution in [0.15, 0.2) is 24.8 Å². The fourth-order valence-corrected chi connectivity index (χ4v) is 3.11. The Balaban J connectivity index is 2.11. The normalized spacial score (nSPS) is 26.9. The van der Waals surface area contributed by atoms with E-state index in [4.69, 9.17) is 5.73 Å². The molecule has 2 aromatic heterocycles. The van der Waals surface area contributed by atoms with Gasteiger partial charge in [-0.25, -0.2) is 0 Å². The van der Waals surface area contributed by atoms with Crippen molar-refractivity contribution in [2.24, 2.45) is 13.0 Å². The van der Waals surface area contributed by atoms with E-state index in [0.29, 0.717) is 11.6 Å². The van der Waals surface area contributed by atoms with Crippen LogP contribution >= 0.6 is 0 Å². The van der Waals surface area contributed by atoms with Crippen molar-refractivity contribution >= 4 is 5.69 Å². The molecule has 2 aromatic rings. The predicted molar refractivity (Wildman–Crippen MR) is 68.8 cm³/mol. The molecule has 0 aromatic carbocycles. The summed E-state index contributed by atoms with van der Waals surface area (Å²) in [5, 5.41) is 8.30. The van der Waals surface area contributed by atoms with Gasteiger partial charge in [-0.1, -0.05) is 6.92 Å². The molecule has 5 heteroatoms. The molecule has 1 aliphatic rings. The minimum atomic E-state index is -0.0625. The van der Waals surface area contributed by atoms with Gasteiger partial charge < -0.3 is 10.3 Å². The lowest BCUT2D eigenvalue weighted by Crippen LogP contribution is -2.43. The average molecular weight is 243 g/mol. The smallest absolute Gasteiger partial charge is 0.143 e. The Morgan fingerprint density at radius 3 is 2.72 bits per heavy atom. The van der Waals surface area contributed by atoms with Gasteiger partial charge in [0.1, 0.15) is 12.2 Å². The number of anilines is 1. The molecule has 18 heavy (non-hydrogen) atoms. The van der Waals surface area contributed by atoms with E-state index in [1.165, 1.54) is 0 Å². The Kier molecular flexibility index (Phi) is 2.36. The highest BCUT2D eigenvalue weighted by molar-refractivity contribution is 5.44. The summed E-state index contributed by atoms with van der Waals surface area (Å²) in [6, 6.07) is 2.01. The quantitative estimate of drug-likeness (QED) is 0.868. The molecular formula is C13H17N5. The maximum Gasteiger partial charge on any atom is 0.143 e. The molecule has 0 radical (unpaired) electrons. The van der Waals surface area contributed by atoms with Crippen LogP contribution in [0.2, 0.25) is 0 Å². The zero-order chi connectivity index (χ0) is 12.8. The first-order valence-corrected chi connectivity index (χ1v) is 6.17. The molecule has 1 aliphatic carbocycles. The fraction of sp³-hybridized carbons (Fsp3) is 0.462. The van der Waals surface area contributed by atoms with Gasteiger partial charge in [-0.3, -0.25) is 4.98 Å². The highest BCUT2D eigenvalue weighted by Crippen LogP contribution is 2.51.